The number of benzene rings is 1. The van der Waals surface area contributed by atoms with Gasteiger partial charge in [-0.2, -0.15) is 0 Å². The van der Waals surface area contributed by atoms with Crippen molar-refractivity contribution in [2.24, 2.45) is 0 Å². The fourth-order valence-corrected chi connectivity index (χ4v) is 3.98. The second-order valence-corrected chi connectivity index (χ2v) is 6.71. The molecule has 4 rings (SSSR count). The van der Waals surface area contributed by atoms with Crippen LogP contribution in [0.15, 0.2) is 35.3 Å². The molecule has 0 bridgehead atoms. The van der Waals surface area contributed by atoms with Crippen molar-refractivity contribution in [3.8, 4) is 0 Å². The maximum absolute atomic E-state index is 12.8. The van der Waals surface area contributed by atoms with E-state index in [2.05, 4.69) is 28.2 Å². The Balaban J connectivity index is 1.52. The molecule has 2 aliphatic rings. The van der Waals surface area contributed by atoms with E-state index in [0.717, 1.165) is 43.5 Å². The lowest BCUT2D eigenvalue weighted by Gasteiger charge is -2.24. The number of aromatic nitrogens is 2. The van der Waals surface area contributed by atoms with Crippen molar-refractivity contribution < 1.29 is 4.79 Å². The third-order valence-electron chi connectivity index (χ3n) is 5.15. The lowest BCUT2D eigenvalue weighted by molar-refractivity contribution is -0.131. The summed E-state index contributed by atoms with van der Waals surface area (Å²) in [5, 5.41) is 0. The molecule has 2 aromatic rings. The standard InChI is InChI=1S/C19H21N3O2/c23-18(12-13-6-7-14-3-1-4-15(14)11-13)22-10-2-5-17(22)16-8-9-20-19(24)21-16/h6-9,11,17H,1-5,10,12H2,(H,20,21,24)/t17-/m1/s1. The minimum Gasteiger partial charge on any atom is -0.334 e. The number of H-pyrrole nitrogens is 1. The van der Waals surface area contributed by atoms with Crippen molar-refractivity contribution in [1.29, 1.82) is 0 Å². The Hall–Kier alpha value is -2.43. The first-order chi connectivity index (χ1) is 11.7. The Labute approximate surface area is 140 Å². The molecule has 124 valence electrons. The Morgan fingerprint density at radius 2 is 2.08 bits per heavy atom. The van der Waals surface area contributed by atoms with Crippen LogP contribution in [0, 0.1) is 0 Å². The van der Waals surface area contributed by atoms with Crippen LogP contribution in [0.5, 0.6) is 0 Å². The van der Waals surface area contributed by atoms with Crippen LogP contribution >= 0.6 is 0 Å². The van der Waals surface area contributed by atoms with Gasteiger partial charge in [-0.1, -0.05) is 18.2 Å². The number of likely N-dealkylation sites (tertiary alicyclic amines) is 1. The van der Waals surface area contributed by atoms with Gasteiger partial charge in [-0.05, 0) is 54.9 Å². The highest BCUT2D eigenvalue weighted by Crippen LogP contribution is 2.31. The maximum atomic E-state index is 12.8. The number of aryl methyl sites for hydroxylation is 2. The minimum absolute atomic E-state index is 0.0392. The molecule has 5 heteroatoms. The summed E-state index contributed by atoms with van der Waals surface area (Å²) in [6.07, 6.45) is 7.29. The fourth-order valence-electron chi connectivity index (χ4n) is 3.98. The molecule has 1 atom stereocenters. The van der Waals surface area contributed by atoms with Crippen molar-refractivity contribution >= 4 is 5.91 Å². The van der Waals surface area contributed by atoms with Gasteiger partial charge in [0, 0.05) is 18.4 Å². The lowest BCUT2D eigenvalue weighted by atomic mass is 10.0. The normalized spacial score (nSPS) is 19.5. The Morgan fingerprint density at radius 3 is 2.96 bits per heavy atom. The molecule has 5 nitrogen and oxygen atoms in total. The van der Waals surface area contributed by atoms with E-state index in [4.69, 9.17) is 0 Å². The predicted octanol–water partition coefficient (Wildman–Crippen LogP) is 2.16. The smallest absolute Gasteiger partial charge is 0.334 e. The number of nitrogens with one attached hydrogen (secondary N) is 1. The van der Waals surface area contributed by atoms with Crippen molar-refractivity contribution in [3.63, 3.8) is 0 Å². The summed E-state index contributed by atoms with van der Waals surface area (Å²) in [6.45, 7) is 0.749. The predicted molar refractivity (Wildman–Crippen MR) is 90.7 cm³/mol. The fraction of sp³-hybridized carbons (Fsp3) is 0.421. The highest BCUT2D eigenvalue weighted by molar-refractivity contribution is 5.79. The molecule has 1 fully saturated rings. The molecule has 2 heterocycles. The Bertz CT molecular complexity index is 827. The molecule has 1 saturated heterocycles. The number of carbonyl (C=O) groups excluding carboxylic acids is 1. The molecular formula is C19H21N3O2. The van der Waals surface area contributed by atoms with Crippen LogP contribution in [0.4, 0.5) is 0 Å². The van der Waals surface area contributed by atoms with E-state index in [1.165, 1.54) is 23.7 Å². The van der Waals surface area contributed by atoms with Gasteiger partial charge in [-0.25, -0.2) is 9.78 Å². The largest absolute Gasteiger partial charge is 0.345 e. The maximum Gasteiger partial charge on any atom is 0.345 e. The molecule has 1 aliphatic carbocycles. The highest BCUT2D eigenvalue weighted by Gasteiger charge is 2.30. The van der Waals surface area contributed by atoms with E-state index in [1.54, 1.807) is 6.07 Å². The molecule has 0 radical (unpaired) electrons. The van der Waals surface area contributed by atoms with E-state index < -0.39 is 0 Å². The number of amides is 1. The number of carbonyl (C=O) groups is 1. The van der Waals surface area contributed by atoms with Crippen LogP contribution in [0.1, 0.15) is 47.7 Å². The van der Waals surface area contributed by atoms with Crippen LogP contribution in [0.25, 0.3) is 0 Å². The monoisotopic (exact) mass is 323 g/mol. The number of hydrogen-bond donors (Lipinski definition) is 1. The van der Waals surface area contributed by atoms with Crippen LogP contribution in [-0.4, -0.2) is 27.3 Å². The third kappa shape index (κ3) is 2.86. The Morgan fingerprint density at radius 1 is 1.21 bits per heavy atom. The van der Waals surface area contributed by atoms with Gasteiger partial charge in [0.2, 0.25) is 5.91 Å². The molecule has 24 heavy (non-hydrogen) atoms. The van der Waals surface area contributed by atoms with Crippen molar-refractivity contribution in [1.82, 2.24) is 14.9 Å². The van der Waals surface area contributed by atoms with Gasteiger partial charge >= 0.3 is 5.69 Å². The lowest BCUT2D eigenvalue weighted by Crippen LogP contribution is -2.33. The number of fused-ring (bicyclic) bond motifs is 1. The summed E-state index contributed by atoms with van der Waals surface area (Å²) in [5.74, 6) is 0.133. The summed E-state index contributed by atoms with van der Waals surface area (Å²) >= 11 is 0. The van der Waals surface area contributed by atoms with Gasteiger partial charge in [-0.15, -0.1) is 0 Å². The number of nitrogens with zero attached hydrogens (tertiary/aromatic N) is 2. The molecule has 0 spiro atoms. The molecule has 1 aromatic carbocycles. The molecular weight excluding hydrogens is 302 g/mol. The van der Waals surface area contributed by atoms with Crippen LogP contribution in [0.2, 0.25) is 0 Å². The SMILES string of the molecule is O=C(Cc1ccc2c(c1)CCC2)N1CCC[C@@H]1c1ccnc(=O)[nH]1. The van der Waals surface area contributed by atoms with E-state index in [1.807, 2.05) is 4.90 Å². The number of aromatic amines is 1. The minimum atomic E-state index is -0.356. The van der Waals surface area contributed by atoms with Crippen LogP contribution in [0.3, 0.4) is 0 Å². The zero-order valence-corrected chi connectivity index (χ0v) is 13.6. The van der Waals surface area contributed by atoms with Gasteiger partial charge in [-0.3, -0.25) is 4.79 Å². The van der Waals surface area contributed by atoms with Crippen LogP contribution < -0.4 is 5.69 Å². The first kappa shape index (κ1) is 15.1. The second kappa shape index (κ2) is 6.23. The van der Waals surface area contributed by atoms with E-state index in [0.29, 0.717) is 6.42 Å². The van der Waals surface area contributed by atoms with Crippen molar-refractivity contribution in [2.45, 2.75) is 44.6 Å². The second-order valence-electron chi connectivity index (χ2n) is 6.71. The first-order valence-electron chi connectivity index (χ1n) is 8.66. The van der Waals surface area contributed by atoms with Crippen molar-refractivity contribution in [2.75, 3.05) is 6.54 Å². The quantitative estimate of drug-likeness (QED) is 0.941. The summed E-state index contributed by atoms with van der Waals surface area (Å²) < 4.78 is 0. The summed E-state index contributed by atoms with van der Waals surface area (Å²) in [5.41, 5.74) is 4.35. The third-order valence-corrected chi connectivity index (χ3v) is 5.15. The molecule has 1 amide bonds. The highest BCUT2D eigenvalue weighted by atomic mass is 16.2. The number of rotatable bonds is 3. The van der Waals surface area contributed by atoms with Gasteiger partial charge < -0.3 is 9.88 Å². The van der Waals surface area contributed by atoms with Gasteiger partial charge in [0.15, 0.2) is 0 Å². The Kier molecular flexibility index (Phi) is 3.92. The zero-order chi connectivity index (χ0) is 16.5. The van der Waals surface area contributed by atoms with E-state index >= 15 is 0 Å². The average Bonchev–Trinajstić information content (AvgIpc) is 3.23. The van der Waals surface area contributed by atoms with Crippen molar-refractivity contribution in [3.05, 3.63) is 63.3 Å². The topological polar surface area (TPSA) is 66.1 Å². The molecule has 1 aromatic heterocycles. The first-order valence-corrected chi connectivity index (χ1v) is 8.66. The van der Waals surface area contributed by atoms with Gasteiger partial charge in [0.05, 0.1) is 12.5 Å². The molecule has 0 unspecified atom stereocenters. The van der Waals surface area contributed by atoms with E-state index in [9.17, 15) is 9.59 Å². The zero-order valence-electron chi connectivity index (χ0n) is 13.6. The van der Waals surface area contributed by atoms with E-state index in [-0.39, 0.29) is 17.6 Å². The van der Waals surface area contributed by atoms with Crippen LogP contribution in [-0.2, 0) is 24.1 Å². The summed E-state index contributed by atoms with van der Waals surface area (Å²) in [6, 6.07) is 8.21. The molecule has 1 aliphatic heterocycles. The summed E-state index contributed by atoms with van der Waals surface area (Å²) in [7, 11) is 0. The molecule has 0 saturated carbocycles. The summed E-state index contributed by atoms with van der Waals surface area (Å²) in [4.78, 5) is 32.6. The number of hydrogen-bond acceptors (Lipinski definition) is 3. The van der Waals surface area contributed by atoms with Gasteiger partial charge in [0.25, 0.3) is 0 Å². The average molecular weight is 323 g/mol. The van der Waals surface area contributed by atoms with Gasteiger partial charge in [0.1, 0.15) is 0 Å². The molecule has 1 N–H and O–H groups in total.